The lowest BCUT2D eigenvalue weighted by Crippen LogP contribution is -2.46. The van der Waals surface area contributed by atoms with E-state index in [1.165, 1.54) is 11.3 Å². The van der Waals surface area contributed by atoms with E-state index in [4.69, 9.17) is 11.6 Å². The van der Waals surface area contributed by atoms with Crippen LogP contribution in [-0.2, 0) is 23.2 Å². The molecule has 40 heavy (non-hydrogen) atoms. The number of hydrogen-bond acceptors (Lipinski definition) is 6. The van der Waals surface area contributed by atoms with Crippen LogP contribution in [0.15, 0.2) is 73.1 Å². The van der Waals surface area contributed by atoms with E-state index < -0.39 is 11.9 Å². The largest absolute Gasteiger partial charge is 0.323 e. The quantitative estimate of drug-likeness (QED) is 0.297. The van der Waals surface area contributed by atoms with Crippen molar-refractivity contribution in [1.82, 2.24) is 14.9 Å². The van der Waals surface area contributed by atoms with Crippen LogP contribution in [0, 0.1) is 0 Å². The number of fused-ring (bicyclic) bond motifs is 1. The third kappa shape index (κ3) is 5.90. The second-order valence-electron chi connectivity index (χ2n) is 10.6. The van der Waals surface area contributed by atoms with Crippen molar-refractivity contribution in [3.05, 3.63) is 105 Å². The van der Waals surface area contributed by atoms with E-state index in [1.807, 2.05) is 18.2 Å². The zero-order valence-corrected chi connectivity index (χ0v) is 23.8. The van der Waals surface area contributed by atoms with E-state index >= 15 is 0 Å². The lowest BCUT2D eigenvalue weighted by atomic mass is 9.94. The summed E-state index contributed by atoms with van der Waals surface area (Å²) in [7, 11) is 0. The van der Waals surface area contributed by atoms with Gasteiger partial charge in [0.25, 0.3) is 11.8 Å². The fraction of sp³-hybridized carbons (Fsp3) is 0.233. The fourth-order valence-electron chi connectivity index (χ4n) is 4.40. The highest BCUT2D eigenvalue weighted by atomic mass is 35.5. The topological polar surface area (TPSA) is 104 Å². The Labute approximate surface area is 241 Å². The standard InChI is InChI=1S/C30H28ClN5O3S/c1-30(2,3)24-16-22-26(40-24)29(39)36(23(28(38)34-22)15-19-8-4-6-12-32-19)17-18-10-11-20(21(31)14-18)27(37)35-25-9-5-7-13-33-25/h4-14,16,23H,15,17H2,1-3H3,(H,34,38)(H,33,35,37). The summed E-state index contributed by atoms with van der Waals surface area (Å²) in [4.78, 5) is 51.9. The molecule has 2 N–H and O–H groups in total. The molecule has 0 radical (unpaired) electrons. The van der Waals surface area contributed by atoms with Crippen molar-refractivity contribution in [3.8, 4) is 0 Å². The van der Waals surface area contributed by atoms with Gasteiger partial charge in [0.2, 0.25) is 5.91 Å². The SMILES string of the molecule is CC(C)(C)c1cc2c(s1)C(=O)N(Cc1ccc(C(=O)Nc3ccccn3)c(Cl)c1)C(Cc1ccccn1)C(=O)N2. The van der Waals surface area contributed by atoms with Crippen LogP contribution in [0.25, 0.3) is 0 Å². The number of hydrogen-bond donors (Lipinski definition) is 2. The highest BCUT2D eigenvalue weighted by molar-refractivity contribution is 7.14. The molecule has 0 spiro atoms. The third-order valence-electron chi connectivity index (χ3n) is 6.53. The van der Waals surface area contributed by atoms with Crippen molar-refractivity contribution in [2.45, 2.75) is 45.2 Å². The Morgan fingerprint density at radius 3 is 2.45 bits per heavy atom. The number of aromatic nitrogens is 2. The first-order chi connectivity index (χ1) is 19.1. The summed E-state index contributed by atoms with van der Waals surface area (Å²) in [6.07, 6.45) is 3.49. The number of carbonyl (C=O) groups excluding carboxylic acids is 3. The van der Waals surface area contributed by atoms with Gasteiger partial charge in [-0.1, -0.05) is 50.6 Å². The second kappa shape index (κ2) is 11.2. The predicted octanol–water partition coefficient (Wildman–Crippen LogP) is 5.95. The van der Waals surface area contributed by atoms with Gasteiger partial charge in [-0.3, -0.25) is 19.4 Å². The Hall–Kier alpha value is -4.08. The molecular weight excluding hydrogens is 546 g/mol. The molecule has 0 bridgehead atoms. The van der Waals surface area contributed by atoms with Crippen LogP contribution in [0.3, 0.4) is 0 Å². The van der Waals surface area contributed by atoms with Crippen molar-refractivity contribution >= 4 is 52.2 Å². The number of thiophene rings is 1. The molecule has 0 saturated carbocycles. The minimum absolute atomic E-state index is 0.119. The molecule has 1 aromatic carbocycles. The maximum atomic E-state index is 14.0. The van der Waals surface area contributed by atoms with E-state index in [0.29, 0.717) is 27.6 Å². The average molecular weight is 574 g/mol. The zero-order chi connectivity index (χ0) is 28.4. The monoisotopic (exact) mass is 573 g/mol. The third-order valence-corrected chi connectivity index (χ3v) is 8.39. The van der Waals surface area contributed by atoms with Crippen molar-refractivity contribution < 1.29 is 14.4 Å². The number of rotatable bonds is 6. The molecule has 4 aromatic rings. The maximum absolute atomic E-state index is 14.0. The lowest BCUT2D eigenvalue weighted by Gasteiger charge is -2.29. The van der Waals surface area contributed by atoms with Crippen LogP contribution < -0.4 is 10.6 Å². The molecule has 1 aliphatic heterocycles. The highest BCUT2D eigenvalue weighted by Crippen LogP contribution is 2.38. The summed E-state index contributed by atoms with van der Waals surface area (Å²) in [5.41, 5.74) is 2.00. The molecule has 4 heterocycles. The molecule has 5 rings (SSSR count). The number of benzene rings is 1. The molecule has 3 aromatic heterocycles. The summed E-state index contributed by atoms with van der Waals surface area (Å²) >= 11 is 7.93. The summed E-state index contributed by atoms with van der Waals surface area (Å²) in [5, 5.41) is 5.94. The molecular formula is C30H28ClN5O3S. The van der Waals surface area contributed by atoms with Crippen molar-refractivity contribution in [3.63, 3.8) is 0 Å². The minimum atomic E-state index is -0.800. The Morgan fingerprint density at radius 2 is 1.80 bits per heavy atom. The van der Waals surface area contributed by atoms with Gasteiger partial charge in [0.05, 0.1) is 16.3 Å². The van der Waals surface area contributed by atoms with Crippen LogP contribution in [0.4, 0.5) is 11.5 Å². The van der Waals surface area contributed by atoms with Gasteiger partial charge in [0.1, 0.15) is 16.7 Å². The van der Waals surface area contributed by atoms with Gasteiger partial charge in [-0.25, -0.2) is 4.98 Å². The van der Waals surface area contributed by atoms with Crippen LogP contribution >= 0.6 is 22.9 Å². The second-order valence-corrected chi connectivity index (χ2v) is 12.0. The molecule has 3 amide bonds. The van der Waals surface area contributed by atoms with E-state index in [2.05, 4.69) is 41.4 Å². The maximum Gasteiger partial charge on any atom is 0.267 e. The predicted molar refractivity (Wildman–Crippen MR) is 157 cm³/mol. The highest BCUT2D eigenvalue weighted by Gasteiger charge is 2.38. The summed E-state index contributed by atoms with van der Waals surface area (Å²) < 4.78 is 0. The van der Waals surface area contributed by atoms with Crippen molar-refractivity contribution in [2.24, 2.45) is 0 Å². The number of amides is 3. The summed E-state index contributed by atoms with van der Waals surface area (Å²) in [6.45, 7) is 6.33. The van der Waals surface area contributed by atoms with Crippen molar-refractivity contribution in [1.29, 1.82) is 0 Å². The van der Waals surface area contributed by atoms with E-state index in [1.54, 1.807) is 59.8 Å². The molecule has 0 aliphatic carbocycles. The van der Waals surface area contributed by atoms with E-state index in [0.717, 1.165) is 4.88 Å². The fourth-order valence-corrected chi connectivity index (χ4v) is 5.82. The summed E-state index contributed by atoms with van der Waals surface area (Å²) in [6, 6.07) is 16.8. The van der Waals surface area contributed by atoms with Gasteiger partial charge in [-0.15, -0.1) is 11.3 Å². The van der Waals surface area contributed by atoms with Crippen LogP contribution in [-0.4, -0.2) is 38.6 Å². The Bertz CT molecular complexity index is 1570. The van der Waals surface area contributed by atoms with Crippen LogP contribution in [0.1, 0.15) is 56.9 Å². The molecule has 0 fully saturated rings. The van der Waals surface area contributed by atoms with Gasteiger partial charge in [-0.2, -0.15) is 0 Å². The van der Waals surface area contributed by atoms with Gasteiger partial charge in [-0.05, 0) is 53.4 Å². The normalized spacial score (nSPS) is 15.3. The first kappa shape index (κ1) is 27.5. The first-order valence-electron chi connectivity index (χ1n) is 12.8. The van der Waals surface area contributed by atoms with Crippen LogP contribution in [0.2, 0.25) is 5.02 Å². The van der Waals surface area contributed by atoms with E-state index in [9.17, 15) is 14.4 Å². The number of anilines is 2. The smallest absolute Gasteiger partial charge is 0.267 e. The number of pyridine rings is 2. The molecule has 1 atom stereocenters. The number of carbonyl (C=O) groups is 3. The van der Waals surface area contributed by atoms with Gasteiger partial charge >= 0.3 is 0 Å². The van der Waals surface area contributed by atoms with Crippen LogP contribution in [0.5, 0.6) is 0 Å². The first-order valence-corrected chi connectivity index (χ1v) is 14.0. The molecule has 1 aliphatic rings. The van der Waals surface area contributed by atoms with Crippen molar-refractivity contribution in [2.75, 3.05) is 10.6 Å². The summed E-state index contributed by atoms with van der Waals surface area (Å²) in [5.74, 6) is -0.518. The molecule has 1 unspecified atom stereocenters. The van der Waals surface area contributed by atoms with Gasteiger partial charge < -0.3 is 15.5 Å². The molecule has 204 valence electrons. The molecule has 8 nitrogen and oxygen atoms in total. The Balaban J connectivity index is 1.46. The number of nitrogens with zero attached hydrogens (tertiary/aromatic N) is 3. The minimum Gasteiger partial charge on any atom is -0.323 e. The van der Waals surface area contributed by atoms with Gasteiger partial charge in [0, 0.05) is 35.9 Å². The van der Waals surface area contributed by atoms with E-state index in [-0.39, 0.29) is 40.8 Å². The van der Waals surface area contributed by atoms with Gasteiger partial charge in [0.15, 0.2) is 0 Å². The molecule has 0 saturated heterocycles. The lowest BCUT2D eigenvalue weighted by molar-refractivity contribution is -0.120. The molecule has 10 heteroatoms. The Morgan fingerprint density at radius 1 is 1.05 bits per heavy atom. The Kier molecular flexibility index (Phi) is 7.69. The number of halogens is 1. The zero-order valence-electron chi connectivity index (χ0n) is 22.3. The number of nitrogens with one attached hydrogen (secondary N) is 2. The average Bonchev–Trinajstić information content (AvgIpc) is 3.32.